The fourth-order valence-corrected chi connectivity index (χ4v) is 2.34. The summed E-state index contributed by atoms with van der Waals surface area (Å²) >= 11 is 0. The summed E-state index contributed by atoms with van der Waals surface area (Å²) in [6, 6.07) is 2.48. The normalized spacial score (nSPS) is 19.8. The Labute approximate surface area is 134 Å². The van der Waals surface area contributed by atoms with Crippen LogP contribution in [0.2, 0.25) is 0 Å². The van der Waals surface area contributed by atoms with Crippen LogP contribution in [0.25, 0.3) is 6.08 Å². The van der Waals surface area contributed by atoms with E-state index < -0.39 is 5.97 Å². The number of ketones is 1. The average Bonchev–Trinajstić information content (AvgIpc) is 2.46. The molecule has 0 radical (unpaired) electrons. The predicted molar refractivity (Wildman–Crippen MR) is 86.3 cm³/mol. The monoisotopic (exact) mass is 316 g/mol. The molecule has 0 amide bonds. The second-order valence-electron chi connectivity index (χ2n) is 5.54. The zero-order valence-corrected chi connectivity index (χ0v) is 13.0. The number of carbonyl (C=O) groups is 2. The lowest BCUT2D eigenvalue weighted by Crippen LogP contribution is -2.15. The molecule has 2 rings (SSSR count). The molecule has 2 N–H and O–H groups in total. The van der Waals surface area contributed by atoms with Crippen molar-refractivity contribution in [2.24, 2.45) is 0 Å². The SMILES string of the molecule is C[C@H]1CC=CCC(=O)CCC=Cc2cc(O)cc(O)c2C(=O)O1. The Kier molecular flexibility index (Phi) is 5.57. The van der Waals surface area contributed by atoms with E-state index in [4.69, 9.17) is 4.74 Å². The summed E-state index contributed by atoms with van der Waals surface area (Å²) in [4.78, 5) is 24.0. The molecular weight excluding hydrogens is 296 g/mol. The molecule has 0 unspecified atom stereocenters. The van der Waals surface area contributed by atoms with Crippen LogP contribution in [0, 0.1) is 0 Å². The number of benzene rings is 1. The average molecular weight is 316 g/mol. The van der Waals surface area contributed by atoms with Crippen molar-refractivity contribution in [3.05, 3.63) is 41.5 Å². The molecule has 122 valence electrons. The van der Waals surface area contributed by atoms with Gasteiger partial charge in [-0.2, -0.15) is 0 Å². The molecule has 0 aliphatic carbocycles. The van der Waals surface area contributed by atoms with Gasteiger partial charge < -0.3 is 14.9 Å². The van der Waals surface area contributed by atoms with Crippen LogP contribution in [0.5, 0.6) is 11.5 Å². The molecule has 0 saturated carbocycles. The van der Waals surface area contributed by atoms with Crippen molar-refractivity contribution in [3.8, 4) is 11.5 Å². The van der Waals surface area contributed by atoms with E-state index in [1.165, 1.54) is 6.07 Å². The Morgan fingerprint density at radius 1 is 1.13 bits per heavy atom. The van der Waals surface area contributed by atoms with Crippen molar-refractivity contribution in [3.63, 3.8) is 0 Å². The highest BCUT2D eigenvalue weighted by molar-refractivity contribution is 5.97. The van der Waals surface area contributed by atoms with Gasteiger partial charge in [0.1, 0.15) is 28.9 Å². The second kappa shape index (κ2) is 7.63. The minimum atomic E-state index is -0.642. The van der Waals surface area contributed by atoms with Crippen molar-refractivity contribution >= 4 is 17.8 Å². The van der Waals surface area contributed by atoms with E-state index in [0.717, 1.165) is 6.07 Å². The summed E-state index contributed by atoms with van der Waals surface area (Å²) in [6.45, 7) is 1.74. The molecule has 0 spiro atoms. The van der Waals surface area contributed by atoms with E-state index in [1.54, 1.807) is 25.2 Å². The molecule has 23 heavy (non-hydrogen) atoms. The number of phenolic OH excluding ortho intramolecular Hbond substituents is 2. The van der Waals surface area contributed by atoms with E-state index >= 15 is 0 Å². The zero-order valence-electron chi connectivity index (χ0n) is 13.0. The Morgan fingerprint density at radius 3 is 2.70 bits per heavy atom. The molecule has 0 saturated heterocycles. The molecule has 0 aromatic heterocycles. The molecule has 1 atom stereocenters. The van der Waals surface area contributed by atoms with Crippen molar-refractivity contribution in [2.45, 2.75) is 38.7 Å². The lowest BCUT2D eigenvalue weighted by atomic mass is 10.0. The largest absolute Gasteiger partial charge is 0.508 e. The van der Waals surface area contributed by atoms with E-state index in [9.17, 15) is 19.8 Å². The second-order valence-corrected chi connectivity index (χ2v) is 5.54. The maximum atomic E-state index is 12.3. The van der Waals surface area contributed by atoms with Gasteiger partial charge in [-0.25, -0.2) is 4.79 Å². The number of cyclic esters (lactones) is 1. The molecule has 1 aliphatic heterocycles. The van der Waals surface area contributed by atoms with Gasteiger partial charge in [0.2, 0.25) is 0 Å². The smallest absolute Gasteiger partial charge is 0.342 e. The van der Waals surface area contributed by atoms with Crippen molar-refractivity contribution in [1.29, 1.82) is 0 Å². The zero-order chi connectivity index (χ0) is 16.8. The van der Waals surface area contributed by atoms with Gasteiger partial charge in [0.05, 0.1) is 0 Å². The number of aromatic hydroxyl groups is 2. The first-order chi connectivity index (χ1) is 11.0. The molecule has 0 fully saturated rings. The highest BCUT2D eigenvalue weighted by Crippen LogP contribution is 2.29. The molecule has 5 heteroatoms. The fourth-order valence-electron chi connectivity index (χ4n) is 2.34. The van der Waals surface area contributed by atoms with Crippen LogP contribution in [-0.2, 0) is 9.53 Å². The van der Waals surface area contributed by atoms with E-state index in [-0.39, 0.29) is 28.9 Å². The number of fused-ring (bicyclic) bond motifs is 1. The summed E-state index contributed by atoms with van der Waals surface area (Å²) in [6.07, 6.45) is 8.34. The number of Topliss-reactive ketones (excluding diaryl/α,β-unsaturated/α-hetero) is 1. The number of carbonyl (C=O) groups excluding carboxylic acids is 2. The highest BCUT2D eigenvalue weighted by Gasteiger charge is 2.20. The Morgan fingerprint density at radius 2 is 1.91 bits per heavy atom. The van der Waals surface area contributed by atoms with Crippen molar-refractivity contribution < 1.29 is 24.5 Å². The molecule has 1 aromatic carbocycles. The van der Waals surface area contributed by atoms with E-state index in [1.807, 2.05) is 6.08 Å². The Balaban J connectivity index is 2.37. The van der Waals surface area contributed by atoms with Gasteiger partial charge in [0.15, 0.2) is 0 Å². The predicted octanol–water partition coefficient (Wildman–Crippen LogP) is 3.36. The first kappa shape index (κ1) is 16.8. The van der Waals surface area contributed by atoms with E-state index in [2.05, 4.69) is 0 Å². The third-order valence-corrected chi connectivity index (χ3v) is 3.51. The fraction of sp³-hybridized carbons (Fsp3) is 0.333. The summed E-state index contributed by atoms with van der Waals surface area (Å²) < 4.78 is 5.32. The third-order valence-electron chi connectivity index (χ3n) is 3.51. The minimum absolute atomic E-state index is 0.0123. The van der Waals surface area contributed by atoms with Crippen LogP contribution in [-0.4, -0.2) is 28.1 Å². The molecule has 1 aromatic rings. The van der Waals surface area contributed by atoms with Gasteiger partial charge in [-0.3, -0.25) is 4.79 Å². The van der Waals surface area contributed by atoms with Crippen LogP contribution in [0.4, 0.5) is 0 Å². The Bertz CT molecular complexity index is 658. The van der Waals surface area contributed by atoms with Gasteiger partial charge in [-0.15, -0.1) is 0 Å². The molecule has 5 nitrogen and oxygen atoms in total. The lowest BCUT2D eigenvalue weighted by molar-refractivity contribution is -0.118. The maximum Gasteiger partial charge on any atom is 0.342 e. The highest BCUT2D eigenvalue weighted by atomic mass is 16.5. The topological polar surface area (TPSA) is 83.8 Å². The third kappa shape index (κ3) is 4.71. The number of ether oxygens (including phenoxy) is 1. The molecule has 0 bridgehead atoms. The quantitative estimate of drug-likeness (QED) is 0.566. The lowest BCUT2D eigenvalue weighted by Gasteiger charge is -2.14. The maximum absolute atomic E-state index is 12.3. The standard InChI is InChI=1S/C18H20O5/c1-12-6-2-4-8-14(19)9-5-3-7-13-10-15(20)11-16(21)17(13)18(22)23-12/h2-4,7,10-12,20-21H,5-6,8-9H2,1H3/t12-/m0/s1. The Hall–Kier alpha value is -2.56. The first-order valence-corrected chi connectivity index (χ1v) is 7.57. The molecular formula is C18H20O5. The van der Waals surface area contributed by atoms with Crippen LogP contribution >= 0.6 is 0 Å². The summed E-state index contributed by atoms with van der Waals surface area (Å²) in [7, 11) is 0. The van der Waals surface area contributed by atoms with Gasteiger partial charge in [-0.1, -0.05) is 24.3 Å². The number of hydrogen-bond donors (Lipinski definition) is 2. The van der Waals surface area contributed by atoms with Gasteiger partial charge >= 0.3 is 5.97 Å². The number of hydrogen-bond acceptors (Lipinski definition) is 5. The summed E-state index contributed by atoms with van der Waals surface area (Å²) in [5, 5.41) is 19.6. The summed E-state index contributed by atoms with van der Waals surface area (Å²) in [5.74, 6) is -0.991. The van der Waals surface area contributed by atoms with Crippen molar-refractivity contribution in [2.75, 3.05) is 0 Å². The van der Waals surface area contributed by atoms with Gasteiger partial charge in [0, 0.05) is 25.3 Å². The molecule has 1 aliphatic rings. The van der Waals surface area contributed by atoms with Crippen LogP contribution in [0.15, 0.2) is 30.4 Å². The van der Waals surface area contributed by atoms with Crippen LogP contribution < -0.4 is 0 Å². The van der Waals surface area contributed by atoms with E-state index in [0.29, 0.717) is 31.2 Å². The summed E-state index contributed by atoms with van der Waals surface area (Å²) in [5.41, 5.74) is 0.373. The van der Waals surface area contributed by atoms with Crippen LogP contribution in [0.1, 0.15) is 48.5 Å². The number of allylic oxidation sites excluding steroid dienone is 2. The van der Waals surface area contributed by atoms with Gasteiger partial charge in [0.25, 0.3) is 0 Å². The molecule has 1 heterocycles. The van der Waals surface area contributed by atoms with Crippen LogP contribution in [0.3, 0.4) is 0 Å². The first-order valence-electron chi connectivity index (χ1n) is 7.57. The van der Waals surface area contributed by atoms with Crippen molar-refractivity contribution in [1.82, 2.24) is 0 Å². The van der Waals surface area contributed by atoms with Gasteiger partial charge in [-0.05, 0) is 25.0 Å². The number of rotatable bonds is 0. The number of esters is 1. The number of phenols is 2. The minimum Gasteiger partial charge on any atom is -0.508 e.